The molecule has 0 aliphatic carbocycles. The van der Waals surface area contributed by atoms with Gasteiger partial charge in [0.2, 0.25) is 0 Å². The Bertz CT molecular complexity index is 768. The van der Waals surface area contributed by atoms with Gasteiger partial charge in [-0.1, -0.05) is 53.8 Å². The van der Waals surface area contributed by atoms with Crippen LogP contribution >= 0.6 is 11.3 Å². The first-order chi connectivity index (χ1) is 9.78. The Morgan fingerprint density at radius 1 is 0.950 bits per heavy atom. The minimum atomic E-state index is 0.630. The van der Waals surface area contributed by atoms with Gasteiger partial charge in [-0.05, 0) is 12.1 Å². The van der Waals surface area contributed by atoms with Gasteiger partial charge in [-0.25, -0.2) is 4.98 Å². The van der Waals surface area contributed by atoms with Crippen LogP contribution in [-0.2, 0) is 0 Å². The van der Waals surface area contributed by atoms with Gasteiger partial charge in [0, 0.05) is 11.1 Å². The highest BCUT2D eigenvalue weighted by Gasteiger charge is 2.11. The second kappa shape index (κ2) is 5.16. The third kappa shape index (κ3) is 2.27. The normalized spacial score (nSPS) is 10.2. The van der Waals surface area contributed by atoms with E-state index in [9.17, 15) is 0 Å². The molecule has 0 unspecified atom stereocenters. The first kappa shape index (κ1) is 12.4. The molecule has 20 heavy (non-hydrogen) atoms. The van der Waals surface area contributed by atoms with E-state index < -0.39 is 0 Å². The molecular weight excluding hydrogens is 266 g/mol. The number of nitriles is 1. The van der Waals surface area contributed by atoms with Gasteiger partial charge in [0.15, 0.2) is 0 Å². The van der Waals surface area contributed by atoms with Gasteiger partial charge in [-0.3, -0.25) is 0 Å². The number of hydrogen-bond donors (Lipinski definition) is 1. The van der Waals surface area contributed by atoms with Crippen molar-refractivity contribution in [3.05, 3.63) is 60.2 Å². The Kier molecular flexibility index (Phi) is 3.20. The smallest absolute Gasteiger partial charge is 0.126 e. The predicted molar refractivity (Wildman–Crippen MR) is 82.1 cm³/mol. The van der Waals surface area contributed by atoms with Crippen LogP contribution in [0.15, 0.2) is 54.6 Å². The highest BCUT2D eigenvalue weighted by atomic mass is 32.1. The standard InChI is InChI=1S/C16H11N3S/c17-10-11-6-8-12(9-7-11)14-15(18)20-16(19-14)13-4-2-1-3-5-13/h1-9H,18H2. The van der Waals surface area contributed by atoms with E-state index in [0.29, 0.717) is 10.6 Å². The zero-order valence-electron chi connectivity index (χ0n) is 10.6. The Labute approximate surface area is 121 Å². The number of anilines is 1. The van der Waals surface area contributed by atoms with Gasteiger partial charge in [0.05, 0.1) is 11.6 Å². The zero-order chi connectivity index (χ0) is 13.9. The summed E-state index contributed by atoms with van der Waals surface area (Å²) in [5, 5.41) is 10.4. The Balaban J connectivity index is 2.03. The van der Waals surface area contributed by atoms with E-state index in [0.717, 1.165) is 21.8 Å². The first-order valence-corrected chi connectivity index (χ1v) is 6.92. The Morgan fingerprint density at radius 2 is 1.65 bits per heavy atom. The van der Waals surface area contributed by atoms with Crippen LogP contribution in [0.5, 0.6) is 0 Å². The first-order valence-electron chi connectivity index (χ1n) is 6.10. The molecule has 4 heteroatoms. The number of benzene rings is 2. The van der Waals surface area contributed by atoms with E-state index in [1.54, 1.807) is 12.1 Å². The topological polar surface area (TPSA) is 62.7 Å². The van der Waals surface area contributed by atoms with Gasteiger partial charge in [0.25, 0.3) is 0 Å². The fraction of sp³-hybridized carbons (Fsp3) is 0. The summed E-state index contributed by atoms with van der Waals surface area (Å²) in [7, 11) is 0. The van der Waals surface area contributed by atoms with E-state index in [4.69, 9.17) is 11.0 Å². The Hall–Kier alpha value is -2.64. The molecule has 2 aromatic carbocycles. The zero-order valence-corrected chi connectivity index (χ0v) is 11.4. The number of nitrogen functional groups attached to an aromatic ring is 1. The molecule has 0 saturated carbocycles. The monoisotopic (exact) mass is 277 g/mol. The van der Waals surface area contributed by atoms with Gasteiger partial charge in [0.1, 0.15) is 15.7 Å². The fourth-order valence-electron chi connectivity index (χ4n) is 1.95. The molecule has 3 aromatic rings. The van der Waals surface area contributed by atoms with Crippen LogP contribution in [0.3, 0.4) is 0 Å². The number of aromatic nitrogens is 1. The quantitative estimate of drug-likeness (QED) is 0.772. The lowest BCUT2D eigenvalue weighted by molar-refractivity contribution is 1.40. The average molecular weight is 277 g/mol. The summed E-state index contributed by atoms with van der Waals surface area (Å²) >= 11 is 1.47. The number of thiazole rings is 1. The maximum Gasteiger partial charge on any atom is 0.126 e. The summed E-state index contributed by atoms with van der Waals surface area (Å²) in [6.45, 7) is 0. The van der Waals surface area contributed by atoms with Crippen molar-refractivity contribution in [2.24, 2.45) is 0 Å². The molecule has 0 saturated heterocycles. The fourth-order valence-corrected chi connectivity index (χ4v) is 2.80. The van der Waals surface area contributed by atoms with E-state index >= 15 is 0 Å². The second-order valence-electron chi connectivity index (χ2n) is 4.29. The number of nitrogens with zero attached hydrogens (tertiary/aromatic N) is 2. The molecule has 0 fully saturated rings. The van der Waals surface area contributed by atoms with Crippen LogP contribution in [0.4, 0.5) is 5.00 Å². The van der Waals surface area contributed by atoms with Gasteiger partial charge < -0.3 is 5.73 Å². The highest BCUT2D eigenvalue weighted by Crippen LogP contribution is 2.35. The maximum atomic E-state index is 8.82. The van der Waals surface area contributed by atoms with Gasteiger partial charge in [-0.2, -0.15) is 5.26 Å². The third-order valence-corrected chi connectivity index (χ3v) is 3.90. The van der Waals surface area contributed by atoms with Crippen LogP contribution in [-0.4, -0.2) is 4.98 Å². The number of rotatable bonds is 2. The molecule has 1 aromatic heterocycles. The molecule has 0 amide bonds. The van der Waals surface area contributed by atoms with Crippen molar-refractivity contribution in [3.8, 4) is 27.9 Å². The van der Waals surface area contributed by atoms with E-state index in [1.807, 2.05) is 42.5 Å². The lowest BCUT2D eigenvalue weighted by Crippen LogP contribution is -1.86. The molecular formula is C16H11N3S. The molecule has 0 radical (unpaired) electrons. The molecule has 0 spiro atoms. The van der Waals surface area contributed by atoms with Crippen LogP contribution in [0.1, 0.15) is 5.56 Å². The summed E-state index contributed by atoms with van der Waals surface area (Å²) in [6.07, 6.45) is 0. The van der Waals surface area contributed by atoms with Crippen LogP contribution in [0, 0.1) is 11.3 Å². The molecule has 0 aliphatic heterocycles. The van der Waals surface area contributed by atoms with Crippen molar-refractivity contribution < 1.29 is 0 Å². The third-order valence-electron chi connectivity index (χ3n) is 2.96. The molecule has 2 N–H and O–H groups in total. The second-order valence-corrected chi connectivity index (χ2v) is 5.32. The van der Waals surface area contributed by atoms with Crippen molar-refractivity contribution in [2.45, 2.75) is 0 Å². The minimum Gasteiger partial charge on any atom is -0.389 e. The Morgan fingerprint density at radius 3 is 2.30 bits per heavy atom. The van der Waals surface area contributed by atoms with Crippen molar-refractivity contribution in [3.63, 3.8) is 0 Å². The van der Waals surface area contributed by atoms with Crippen molar-refractivity contribution in [1.82, 2.24) is 4.98 Å². The molecule has 96 valence electrons. The predicted octanol–water partition coefficient (Wildman–Crippen LogP) is 3.93. The highest BCUT2D eigenvalue weighted by molar-refractivity contribution is 7.19. The van der Waals surface area contributed by atoms with Crippen molar-refractivity contribution >= 4 is 16.3 Å². The van der Waals surface area contributed by atoms with Crippen LogP contribution in [0.25, 0.3) is 21.8 Å². The number of hydrogen-bond acceptors (Lipinski definition) is 4. The lowest BCUT2D eigenvalue weighted by atomic mass is 10.1. The summed E-state index contributed by atoms with van der Waals surface area (Å²) < 4.78 is 0. The average Bonchev–Trinajstić information content (AvgIpc) is 2.90. The molecule has 0 aliphatic rings. The van der Waals surface area contributed by atoms with Gasteiger partial charge in [-0.15, -0.1) is 0 Å². The summed E-state index contributed by atoms with van der Waals surface area (Å²) in [6, 6.07) is 19.4. The maximum absolute atomic E-state index is 8.82. The SMILES string of the molecule is N#Cc1ccc(-c2nc(-c3ccccc3)sc2N)cc1. The van der Waals surface area contributed by atoms with Gasteiger partial charge >= 0.3 is 0 Å². The lowest BCUT2D eigenvalue weighted by Gasteiger charge is -1.98. The summed E-state index contributed by atoms with van der Waals surface area (Å²) in [5.41, 5.74) is 9.47. The van der Waals surface area contributed by atoms with Crippen LogP contribution < -0.4 is 5.73 Å². The minimum absolute atomic E-state index is 0.630. The van der Waals surface area contributed by atoms with Crippen molar-refractivity contribution in [1.29, 1.82) is 5.26 Å². The van der Waals surface area contributed by atoms with Crippen molar-refractivity contribution in [2.75, 3.05) is 5.73 Å². The van der Waals surface area contributed by atoms with E-state index in [-0.39, 0.29) is 0 Å². The molecule has 1 heterocycles. The summed E-state index contributed by atoms with van der Waals surface area (Å²) in [4.78, 5) is 4.62. The van der Waals surface area contributed by atoms with E-state index in [1.165, 1.54) is 11.3 Å². The molecule has 0 bridgehead atoms. The van der Waals surface area contributed by atoms with E-state index in [2.05, 4.69) is 11.1 Å². The summed E-state index contributed by atoms with van der Waals surface area (Å²) in [5.74, 6) is 0. The molecule has 3 rings (SSSR count). The number of nitrogens with two attached hydrogens (primary N) is 1. The van der Waals surface area contributed by atoms with Crippen LogP contribution in [0.2, 0.25) is 0 Å². The molecule has 0 atom stereocenters. The molecule has 3 nitrogen and oxygen atoms in total. The largest absolute Gasteiger partial charge is 0.389 e.